The molecule has 0 saturated heterocycles. The van der Waals surface area contributed by atoms with Crippen LogP contribution in [0.1, 0.15) is 55.7 Å². The van der Waals surface area contributed by atoms with Gasteiger partial charge in [-0.15, -0.1) is 0 Å². The number of nitrogens with zero attached hydrogens (tertiary/aromatic N) is 2. The molecule has 2 nitrogen and oxygen atoms in total. The quantitative estimate of drug-likeness (QED) is 0.689. The molecule has 3 rings (SSSR count). The summed E-state index contributed by atoms with van der Waals surface area (Å²) in [4.78, 5) is 4.83. The van der Waals surface area contributed by atoms with E-state index in [1.54, 1.807) is 0 Å². The van der Waals surface area contributed by atoms with Gasteiger partial charge in [0.2, 0.25) is 0 Å². The fourth-order valence-corrected chi connectivity index (χ4v) is 3.65. The van der Waals surface area contributed by atoms with E-state index in [9.17, 15) is 0 Å². The summed E-state index contributed by atoms with van der Waals surface area (Å²) < 4.78 is 3.34. The fraction of sp³-hybridized carbons (Fsp3) is 0.533. The zero-order chi connectivity index (χ0) is 12.5. The number of imidazole rings is 1. The maximum absolute atomic E-state index is 4.83. The molecule has 1 aliphatic carbocycles. The lowest BCUT2D eigenvalue weighted by Crippen LogP contribution is -1.98. The van der Waals surface area contributed by atoms with E-state index in [1.165, 1.54) is 49.8 Å². The summed E-state index contributed by atoms with van der Waals surface area (Å²) in [5, 5.41) is 0. The summed E-state index contributed by atoms with van der Waals surface area (Å²) in [6.45, 7) is 2.12. The minimum Gasteiger partial charge on any atom is -0.294 e. The summed E-state index contributed by atoms with van der Waals surface area (Å²) in [5.41, 5.74) is 3.60. The lowest BCUT2D eigenvalue weighted by Gasteiger charge is -2.11. The number of halogens is 1. The highest BCUT2D eigenvalue weighted by atomic mass is 79.9. The van der Waals surface area contributed by atoms with Crippen LogP contribution in [0.3, 0.4) is 0 Å². The van der Waals surface area contributed by atoms with Crippen LogP contribution < -0.4 is 0 Å². The number of hydrogen-bond acceptors (Lipinski definition) is 1. The molecular formula is C15H19BrN2. The Labute approximate surface area is 117 Å². The molecule has 1 saturated carbocycles. The van der Waals surface area contributed by atoms with Gasteiger partial charge in [0.15, 0.2) is 0 Å². The molecule has 0 bridgehead atoms. The maximum Gasteiger partial charge on any atom is 0.137 e. The molecule has 1 aliphatic rings. The Balaban J connectivity index is 2.03. The topological polar surface area (TPSA) is 17.3 Å². The van der Waals surface area contributed by atoms with Crippen molar-refractivity contribution in [2.45, 2.75) is 51.4 Å². The van der Waals surface area contributed by atoms with Crippen LogP contribution in [0.25, 0.3) is 5.65 Å². The van der Waals surface area contributed by atoms with Crippen molar-refractivity contribution in [3.05, 3.63) is 34.2 Å². The minimum absolute atomic E-state index is 0.641. The predicted molar refractivity (Wildman–Crippen MR) is 78.1 cm³/mol. The third-order valence-corrected chi connectivity index (χ3v) is 4.76. The fourth-order valence-electron chi connectivity index (χ4n) is 2.95. The summed E-state index contributed by atoms with van der Waals surface area (Å²) in [5.74, 6) is 0.641. The third-order valence-electron chi connectivity index (χ3n) is 3.97. The van der Waals surface area contributed by atoms with Gasteiger partial charge < -0.3 is 0 Å². The first kappa shape index (κ1) is 12.2. The second kappa shape index (κ2) is 5.04. The van der Waals surface area contributed by atoms with Crippen LogP contribution >= 0.6 is 15.9 Å². The van der Waals surface area contributed by atoms with Crippen molar-refractivity contribution >= 4 is 21.6 Å². The van der Waals surface area contributed by atoms with Gasteiger partial charge in [-0.2, -0.15) is 0 Å². The number of pyridine rings is 1. The van der Waals surface area contributed by atoms with Gasteiger partial charge in [-0.3, -0.25) is 4.40 Å². The Morgan fingerprint density at radius 1 is 1.17 bits per heavy atom. The smallest absolute Gasteiger partial charge is 0.137 e. The first-order valence-corrected chi connectivity index (χ1v) is 7.69. The molecule has 0 amide bonds. The van der Waals surface area contributed by atoms with E-state index in [2.05, 4.69) is 45.6 Å². The van der Waals surface area contributed by atoms with E-state index in [0.29, 0.717) is 5.92 Å². The number of aryl methyl sites for hydroxylation is 1. The molecule has 96 valence electrons. The van der Waals surface area contributed by atoms with Gasteiger partial charge in [-0.05, 0) is 47.3 Å². The van der Waals surface area contributed by atoms with Crippen molar-refractivity contribution in [3.8, 4) is 0 Å². The molecule has 0 atom stereocenters. The van der Waals surface area contributed by atoms with Crippen LogP contribution in [-0.4, -0.2) is 9.38 Å². The molecule has 0 aliphatic heterocycles. The zero-order valence-corrected chi connectivity index (χ0v) is 12.4. The van der Waals surface area contributed by atoms with Crippen LogP contribution in [-0.2, 0) is 0 Å². The number of rotatable bonds is 1. The van der Waals surface area contributed by atoms with Gasteiger partial charge in [0.25, 0.3) is 0 Å². The standard InChI is InChI=1S/C15H19BrN2/c1-11-8-9-13-17-14(15(16)18(13)10-11)12-6-4-2-3-5-7-12/h8-10,12H,2-7H2,1H3. The SMILES string of the molecule is Cc1ccc2nc(C3CCCCCC3)c(Br)n2c1. The molecule has 0 spiro atoms. The first-order chi connectivity index (χ1) is 8.75. The molecule has 1 fully saturated rings. The molecule has 0 N–H and O–H groups in total. The van der Waals surface area contributed by atoms with Crippen molar-refractivity contribution in [1.82, 2.24) is 9.38 Å². The van der Waals surface area contributed by atoms with Crippen molar-refractivity contribution < 1.29 is 0 Å². The zero-order valence-electron chi connectivity index (χ0n) is 10.8. The predicted octanol–water partition coefficient (Wildman–Crippen LogP) is 4.84. The van der Waals surface area contributed by atoms with Crippen LogP contribution in [0, 0.1) is 6.92 Å². The third kappa shape index (κ3) is 2.20. The second-order valence-electron chi connectivity index (χ2n) is 5.41. The van der Waals surface area contributed by atoms with Gasteiger partial charge in [-0.25, -0.2) is 4.98 Å². The summed E-state index contributed by atoms with van der Waals surface area (Å²) in [7, 11) is 0. The largest absolute Gasteiger partial charge is 0.294 e. The average Bonchev–Trinajstić information content (AvgIpc) is 2.59. The first-order valence-electron chi connectivity index (χ1n) is 6.90. The Kier molecular flexibility index (Phi) is 3.42. The van der Waals surface area contributed by atoms with Crippen LogP contribution in [0.2, 0.25) is 0 Å². The van der Waals surface area contributed by atoms with E-state index in [4.69, 9.17) is 4.98 Å². The number of aromatic nitrogens is 2. The second-order valence-corrected chi connectivity index (χ2v) is 6.16. The van der Waals surface area contributed by atoms with Gasteiger partial charge in [-0.1, -0.05) is 31.7 Å². The number of fused-ring (bicyclic) bond motifs is 1. The Bertz CT molecular complexity index is 551. The lowest BCUT2D eigenvalue weighted by molar-refractivity contribution is 0.578. The maximum atomic E-state index is 4.83. The molecule has 2 heterocycles. The van der Waals surface area contributed by atoms with Crippen molar-refractivity contribution in [2.75, 3.05) is 0 Å². The van der Waals surface area contributed by atoms with Crippen molar-refractivity contribution in [3.63, 3.8) is 0 Å². The molecule has 0 unspecified atom stereocenters. The Morgan fingerprint density at radius 3 is 2.61 bits per heavy atom. The lowest BCUT2D eigenvalue weighted by atomic mass is 9.97. The molecular weight excluding hydrogens is 288 g/mol. The average molecular weight is 307 g/mol. The van der Waals surface area contributed by atoms with Gasteiger partial charge in [0, 0.05) is 12.1 Å². The molecule has 2 aromatic rings. The van der Waals surface area contributed by atoms with Crippen LogP contribution in [0.5, 0.6) is 0 Å². The molecule has 3 heteroatoms. The minimum atomic E-state index is 0.641. The van der Waals surface area contributed by atoms with Crippen molar-refractivity contribution in [2.24, 2.45) is 0 Å². The Hall–Kier alpha value is -0.830. The number of hydrogen-bond donors (Lipinski definition) is 0. The van der Waals surface area contributed by atoms with Gasteiger partial charge in [0.1, 0.15) is 10.3 Å². The Morgan fingerprint density at radius 2 is 1.89 bits per heavy atom. The van der Waals surface area contributed by atoms with Crippen molar-refractivity contribution in [1.29, 1.82) is 0 Å². The monoisotopic (exact) mass is 306 g/mol. The normalized spacial score (nSPS) is 18.1. The molecule has 18 heavy (non-hydrogen) atoms. The summed E-state index contributed by atoms with van der Waals surface area (Å²) in [6, 6.07) is 4.24. The van der Waals surface area contributed by atoms with Gasteiger partial charge >= 0.3 is 0 Å². The highest BCUT2D eigenvalue weighted by molar-refractivity contribution is 9.10. The van der Waals surface area contributed by atoms with Crippen LogP contribution in [0.15, 0.2) is 22.9 Å². The van der Waals surface area contributed by atoms with E-state index >= 15 is 0 Å². The van der Waals surface area contributed by atoms with E-state index < -0.39 is 0 Å². The van der Waals surface area contributed by atoms with E-state index in [0.717, 1.165) is 10.3 Å². The molecule has 2 aromatic heterocycles. The summed E-state index contributed by atoms with van der Waals surface area (Å²) >= 11 is 3.75. The highest BCUT2D eigenvalue weighted by Gasteiger charge is 2.21. The van der Waals surface area contributed by atoms with Gasteiger partial charge in [0.05, 0.1) is 5.69 Å². The van der Waals surface area contributed by atoms with E-state index in [1.807, 2.05) is 0 Å². The highest BCUT2D eigenvalue weighted by Crippen LogP contribution is 2.35. The van der Waals surface area contributed by atoms with Crippen LogP contribution in [0.4, 0.5) is 0 Å². The summed E-state index contributed by atoms with van der Waals surface area (Å²) in [6.07, 6.45) is 10.2. The van der Waals surface area contributed by atoms with E-state index in [-0.39, 0.29) is 0 Å². The molecule has 0 radical (unpaired) electrons. The molecule has 0 aromatic carbocycles.